The van der Waals surface area contributed by atoms with Crippen LogP contribution in [0.25, 0.3) is 0 Å². The molecule has 2 aliphatic heterocycles. The maximum Gasteiger partial charge on any atom is 0.209 e. The zero-order chi connectivity index (χ0) is 31.2. The largest absolute Gasteiger partial charge is 0.355 e. The lowest BCUT2D eigenvalue weighted by Gasteiger charge is -2.26. The van der Waals surface area contributed by atoms with E-state index in [1.165, 1.54) is 50.8 Å². The summed E-state index contributed by atoms with van der Waals surface area (Å²) in [4.78, 5) is 2.43. The van der Waals surface area contributed by atoms with Crippen molar-refractivity contribution >= 4 is 46.0 Å². The number of hydrogen-bond donors (Lipinski definition) is 1. The topological polar surface area (TPSA) is 18.3 Å². The number of likely N-dealkylation sites (N-methyl/N-ethyl adjacent to an activating group) is 1. The molecule has 6 rings (SSSR count). The molecule has 0 fully saturated rings. The minimum Gasteiger partial charge on any atom is -0.355 e. The van der Waals surface area contributed by atoms with Crippen LogP contribution in [0.1, 0.15) is 65.5 Å². The molecule has 0 spiro atoms. The fraction of sp³-hybridized carbons (Fsp3) is 0.308. The Morgan fingerprint density at radius 3 is 2.23 bits per heavy atom. The summed E-state index contributed by atoms with van der Waals surface area (Å²) < 4.78 is 2.43. The number of para-hydroxylation sites is 1. The summed E-state index contributed by atoms with van der Waals surface area (Å²) in [7, 11) is 0. The lowest BCUT2D eigenvalue weighted by atomic mass is 9.81. The first-order valence-electron chi connectivity index (χ1n) is 15.7. The van der Waals surface area contributed by atoms with Crippen LogP contribution in [0.15, 0.2) is 114 Å². The summed E-state index contributed by atoms with van der Waals surface area (Å²) >= 11 is 12.9. The fourth-order valence-electron chi connectivity index (χ4n) is 7.22. The first kappa shape index (κ1) is 30.5. The van der Waals surface area contributed by atoms with Crippen molar-refractivity contribution in [3.63, 3.8) is 0 Å². The van der Waals surface area contributed by atoms with Gasteiger partial charge in [0.1, 0.15) is 6.54 Å². The maximum atomic E-state index is 6.45. The summed E-state index contributed by atoms with van der Waals surface area (Å²) in [5, 5.41) is 5.36. The molecule has 1 aliphatic carbocycles. The third-order valence-electron chi connectivity index (χ3n) is 9.57. The second-order valence-electron chi connectivity index (χ2n) is 12.9. The Balaban J connectivity index is 1.41. The molecule has 0 radical (unpaired) electrons. The van der Waals surface area contributed by atoms with E-state index in [0.717, 1.165) is 41.7 Å². The molecule has 0 saturated heterocycles. The van der Waals surface area contributed by atoms with Gasteiger partial charge in [-0.05, 0) is 106 Å². The molecule has 0 amide bonds. The number of allylic oxidation sites excluding steroid dienone is 7. The van der Waals surface area contributed by atoms with E-state index in [2.05, 4.69) is 135 Å². The van der Waals surface area contributed by atoms with Gasteiger partial charge >= 0.3 is 0 Å². The van der Waals surface area contributed by atoms with Crippen molar-refractivity contribution in [2.24, 2.45) is 0 Å². The van der Waals surface area contributed by atoms with Crippen molar-refractivity contribution in [2.45, 2.75) is 65.2 Å². The predicted molar refractivity (Wildman–Crippen MR) is 189 cm³/mol. The molecule has 0 aromatic heterocycles. The van der Waals surface area contributed by atoms with E-state index in [4.69, 9.17) is 23.2 Å². The molecule has 3 aliphatic rings. The zero-order valence-electron chi connectivity index (χ0n) is 26.6. The zero-order valence-corrected chi connectivity index (χ0v) is 28.2. The Morgan fingerprint density at radius 2 is 1.52 bits per heavy atom. The van der Waals surface area contributed by atoms with E-state index in [1.807, 2.05) is 12.1 Å². The van der Waals surface area contributed by atoms with Gasteiger partial charge in [0, 0.05) is 62.5 Å². The first-order chi connectivity index (χ1) is 21.1. The number of hydrogen-bond acceptors (Lipinski definition) is 2. The lowest BCUT2D eigenvalue weighted by Crippen LogP contribution is -2.27. The third kappa shape index (κ3) is 5.25. The number of rotatable bonds is 7. The number of anilines is 2. The van der Waals surface area contributed by atoms with Gasteiger partial charge in [0.15, 0.2) is 5.71 Å². The lowest BCUT2D eigenvalue weighted by molar-refractivity contribution is -0.433. The van der Waals surface area contributed by atoms with Crippen LogP contribution < -0.4 is 10.2 Å². The number of nitrogens with one attached hydrogen (secondary N) is 1. The van der Waals surface area contributed by atoms with Gasteiger partial charge in [-0.15, -0.1) is 0 Å². The first-order valence-corrected chi connectivity index (χ1v) is 16.5. The van der Waals surface area contributed by atoms with Crippen molar-refractivity contribution in [2.75, 3.05) is 23.3 Å². The van der Waals surface area contributed by atoms with Crippen molar-refractivity contribution in [3.05, 3.63) is 135 Å². The Bertz CT molecular complexity index is 1770. The van der Waals surface area contributed by atoms with Crippen LogP contribution in [0.2, 0.25) is 10.0 Å². The standard InChI is InChI=1S/C39H41Cl2N3/c1-7-43-33-20-18-28(40)24-31(33)38(3,4)35(43)22-16-26-14-15-27(37(26)42-30-12-10-9-11-13-30)17-23-36-39(5,6)32-25-29(41)19-21-34(32)44(36)8-2/h9-13,16-25H,7-8,14-15H2,1-6H3/p+1/b26-16+,35-22+. The van der Waals surface area contributed by atoms with Gasteiger partial charge in [-0.2, -0.15) is 4.58 Å². The normalized spacial score (nSPS) is 20.4. The molecule has 0 saturated carbocycles. The monoisotopic (exact) mass is 622 g/mol. The third-order valence-corrected chi connectivity index (χ3v) is 10.0. The van der Waals surface area contributed by atoms with Gasteiger partial charge in [-0.1, -0.05) is 67.4 Å². The number of benzene rings is 3. The molecule has 5 heteroatoms. The predicted octanol–water partition coefficient (Wildman–Crippen LogP) is 10.7. The van der Waals surface area contributed by atoms with E-state index in [-0.39, 0.29) is 10.8 Å². The molecule has 0 atom stereocenters. The van der Waals surface area contributed by atoms with Crippen LogP contribution in [0, 0.1) is 0 Å². The summed E-state index contributed by atoms with van der Waals surface area (Å²) in [6.45, 7) is 15.4. The van der Waals surface area contributed by atoms with Crippen LogP contribution >= 0.6 is 23.2 Å². The molecule has 226 valence electrons. The Hall–Kier alpha value is -3.53. The van der Waals surface area contributed by atoms with Crippen molar-refractivity contribution in [3.8, 4) is 0 Å². The summed E-state index contributed by atoms with van der Waals surface area (Å²) in [6, 6.07) is 23.1. The highest BCUT2D eigenvalue weighted by molar-refractivity contribution is 6.31. The molecule has 3 aromatic rings. The van der Waals surface area contributed by atoms with Crippen LogP contribution in [0.5, 0.6) is 0 Å². The Labute approximate surface area is 272 Å². The van der Waals surface area contributed by atoms with Gasteiger partial charge in [-0.25, -0.2) is 0 Å². The number of nitrogens with zero attached hydrogens (tertiary/aromatic N) is 2. The fourth-order valence-corrected chi connectivity index (χ4v) is 7.57. The molecule has 0 unspecified atom stereocenters. The summed E-state index contributed by atoms with van der Waals surface area (Å²) in [5.74, 6) is 0. The molecular weight excluding hydrogens is 581 g/mol. The minimum atomic E-state index is -0.141. The second-order valence-corrected chi connectivity index (χ2v) is 13.8. The van der Waals surface area contributed by atoms with E-state index in [1.54, 1.807) is 0 Å². The molecule has 2 heterocycles. The second kappa shape index (κ2) is 11.8. The van der Waals surface area contributed by atoms with Crippen LogP contribution in [0.3, 0.4) is 0 Å². The van der Waals surface area contributed by atoms with Crippen LogP contribution in [-0.2, 0) is 10.8 Å². The van der Waals surface area contributed by atoms with Gasteiger partial charge in [0.2, 0.25) is 5.69 Å². The van der Waals surface area contributed by atoms with Gasteiger partial charge in [-0.3, -0.25) is 0 Å². The molecule has 3 aromatic carbocycles. The van der Waals surface area contributed by atoms with Gasteiger partial charge in [0.25, 0.3) is 0 Å². The molecule has 44 heavy (non-hydrogen) atoms. The molecule has 1 N–H and O–H groups in total. The average molecular weight is 624 g/mol. The van der Waals surface area contributed by atoms with E-state index >= 15 is 0 Å². The molecular formula is C39H42Cl2N3+. The number of fused-ring (bicyclic) bond motifs is 2. The van der Waals surface area contributed by atoms with E-state index < -0.39 is 0 Å². The van der Waals surface area contributed by atoms with Crippen LogP contribution in [0.4, 0.5) is 17.1 Å². The smallest absolute Gasteiger partial charge is 0.209 e. The minimum absolute atomic E-state index is 0.141. The summed E-state index contributed by atoms with van der Waals surface area (Å²) in [5.41, 5.74) is 12.3. The molecule has 0 bridgehead atoms. The average Bonchev–Trinajstić information content (AvgIpc) is 3.55. The van der Waals surface area contributed by atoms with Crippen molar-refractivity contribution < 1.29 is 4.58 Å². The number of halogens is 2. The highest BCUT2D eigenvalue weighted by Gasteiger charge is 2.44. The maximum absolute atomic E-state index is 6.45. The Morgan fingerprint density at radius 1 is 0.818 bits per heavy atom. The van der Waals surface area contributed by atoms with Crippen molar-refractivity contribution in [1.29, 1.82) is 0 Å². The highest BCUT2D eigenvalue weighted by atomic mass is 35.5. The molecule has 3 nitrogen and oxygen atoms in total. The Kier molecular flexibility index (Phi) is 8.15. The van der Waals surface area contributed by atoms with Crippen molar-refractivity contribution in [1.82, 2.24) is 0 Å². The quantitative estimate of drug-likeness (QED) is 0.264. The highest BCUT2D eigenvalue weighted by Crippen LogP contribution is 2.49. The van der Waals surface area contributed by atoms with E-state index in [0.29, 0.717) is 0 Å². The van der Waals surface area contributed by atoms with E-state index in [9.17, 15) is 0 Å². The van der Waals surface area contributed by atoms with Crippen LogP contribution in [-0.4, -0.2) is 23.4 Å². The van der Waals surface area contributed by atoms with Gasteiger partial charge < -0.3 is 10.2 Å². The SMILES string of the molecule is CCN1/C(=C/C=C2\CCC(/C=C/C3=[N+](CC)c4ccc(Cl)cc4C3(C)C)=C2Nc2ccccc2)C(C)(C)c2cc(Cl)ccc21. The van der Waals surface area contributed by atoms with Gasteiger partial charge in [0.05, 0.1) is 5.41 Å². The summed E-state index contributed by atoms with van der Waals surface area (Å²) in [6.07, 6.45) is 11.3.